The van der Waals surface area contributed by atoms with E-state index >= 15 is 0 Å². The molecule has 2 aromatic rings. The van der Waals surface area contributed by atoms with E-state index in [9.17, 15) is 19.5 Å². The second-order valence-electron chi connectivity index (χ2n) is 5.88. The highest BCUT2D eigenvalue weighted by Gasteiger charge is 2.27. The van der Waals surface area contributed by atoms with Crippen molar-refractivity contribution >= 4 is 11.9 Å². The molecule has 0 spiro atoms. The molecule has 1 amide bonds. The lowest BCUT2D eigenvalue weighted by Crippen LogP contribution is -2.38. The summed E-state index contributed by atoms with van der Waals surface area (Å²) >= 11 is 0. The Labute approximate surface area is 144 Å². The summed E-state index contributed by atoms with van der Waals surface area (Å²) in [5, 5.41) is 9.54. The molecule has 130 valence electrons. The van der Waals surface area contributed by atoms with Crippen LogP contribution in [0.2, 0.25) is 0 Å². The number of aromatic carboxylic acids is 1. The molecule has 7 nitrogen and oxygen atoms in total. The number of pyridine rings is 1. The first-order valence-electron chi connectivity index (χ1n) is 7.83. The summed E-state index contributed by atoms with van der Waals surface area (Å²) in [6.07, 6.45) is 1.98. The molecule has 3 rings (SSSR count). The molecule has 0 saturated carbocycles. The number of aromatic nitrogens is 1. The largest absolute Gasteiger partial charge is 0.497 e. The SMILES string of the molecule is COc1ccc(-n2cc3c(c(C(=O)O)c2=O)CCN(C(C)=O)C3)cc1. The van der Waals surface area contributed by atoms with Crippen molar-refractivity contribution in [3.8, 4) is 11.4 Å². The maximum Gasteiger partial charge on any atom is 0.341 e. The molecule has 1 aliphatic rings. The molecule has 7 heteroatoms. The number of amides is 1. The first-order chi connectivity index (χ1) is 11.9. The predicted octanol–water partition coefficient (Wildman–Crippen LogP) is 1.45. The molecule has 0 saturated heterocycles. The molecule has 1 aromatic heterocycles. The highest BCUT2D eigenvalue weighted by Crippen LogP contribution is 2.23. The van der Waals surface area contributed by atoms with Crippen LogP contribution < -0.4 is 10.3 Å². The molecule has 0 bridgehead atoms. The van der Waals surface area contributed by atoms with Crippen molar-refractivity contribution in [2.45, 2.75) is 19.9 Å². The lowest BCUT2D eigenvalue weighted by Gasteiger charge is -2.29. The molecule has 1 N–H and O–H groups in total. The molecule has 0 atom stereocenters. The number of methoxy groups -OCH3 is 1. The number of nitrogens with zero attached hydrogens (tertiary/aromatic N) is 2. The van der Waals surface area contributed by atoms with Crippen molar-refractivity contribution in [3.05, 3.63) is 57.5 Å². The molecule has 0 aliphatic carbocycles. The molecule has 0 radical (unpaired) electrons. The van der Waals surface area contributed by atoms with Crippen LogP contribution >= 0.6 is 0 Å². The summed E-state index contributed by atoms with van der Waals surface area (Å²) in [5.74, 6) is -0.693. The van der Waals surface area contributed by atoms with Crippen molar-refractivity contribution in [2.75, 3.05) is 13.7 Å². The number of hydrogen-bond donors (Lipinski definition) is 1. The van der Waals surface area contributed by atoms with Crippen molar-refractivity contribution in [1.82, 2.24) is 9.47 Å². The van der Waals surface area contributed by atoms with Gasteiger partial charge in [0.2, 0.25) is 5.91 Å². The van der Waals surface area contributed by atoms with Gasteiger partial charge in [0.1, 0.15) is 11.3 Å². The summed E-state index contributed by atoms with van der Waals surface area (Å²) in [7, 11) is 1.54. The Morgan fingerprint density at radius 3 is 2.44 bits per heavy atom. The molecule has 2 heterocycles. The van der Waals surface area contributed by atoms with E-state index in [2.05, 4.69) is 0 Å². The number of ether oxygens (including phenoxy) is 1. The number of hydrogen-bond acceptors (Lipinski definition) is 4. The van der Waals surface area contributed by atoms with Crippen LogP contribution in [0, 0.1) is 0 Å². The van der Waals surface area contributed by atoms with Gasteiger partial charge in [0, 0.05) is 31.9 Å². The average molecular weight is 342 g/mol. The maximum absolute atomic E-state index is 12.7. The minimum Gasteiger partial charge on any atom is -0.497 e. The van der Waals surface area contributed by atoms with E-state index in [-0.39, 0.29) is 11.5 Å². The number of rotatable bonds is 3. The zero-order chi connectivity index (χ0) is 18.1. The van der Waals surface area contributed by atoms with E-state index in [1.807, 2.05) is 0 Å². The van der Waals surface area contributed by atoms with Gasteiger partial charge in [-0.25, -0.2) is 4.79 Å². The number of carbonyl (C=O) groups is 2. The summed E-state index contributed by atoms with van der Waals surface area (Å²) in [5.41, 5.74) is 0.925. The zero-order valence-electron chi connectivity index (χ0n) is 14.0. The van der Waals surface area contributed by atoms with E-state index < -0.39 is 11.5 Å². The van der Waals surface area contributed by atoms with Gasteiger partial charge in [0.25, 0.3) is 5.56 Å². The van der Waals surface area contributed by atoms with E-state index in [1.54, 1.807) is 42.5 Å². The smallest absolute Gasteiger partial charge is 0.341 e. The predicted molar refractivity (Wildman–Crippen MR) is 90.3 cm³/mol. The van der Waals surface area contributed by atoms with E-state index in [4.69, 9.17) is 4.74 Å². The van der Waals surface area contributed by atoms with Crippen molar-refractivity contribution < 1.29 is 19.4 Å². The fraction of sp³-hybridized carbons (Fsp3) is 0.278. The van der Waals surface area contributed by atoms with Crippen LogP contribution in [0.4, 0.5) is 0 Å². The minimum absolute atomic E-state index is 0.0790. The Bertz CT molecular complexity index is 899. The number of carboxylic acid groups (broad SMARTS) is 1. The van der Waals surface area contributed by atoms with Crippen LogP contribution in [-0.4, -0.2) is 40.1 Å². The van der Waals surface area contributed by atoms with E-state index in [1.165, 1.54) is 11.5 Å². The average Bonchev–Trinajstić information content (AvgIpc) is 2.60. The Morgan fingerprint density at radius 2 is 1.88 bits per heavy atom. The lowest BCUT2D eigenvalue weighted by atomic mass is 9.96. The van der Waals surface area contributed by atoms with Gasteiger partial charge in [0.15, 0.2) is 0 Å². The zero-order valence-corrected chi connectivity index (χ0v) is 14.0. The normalized spacial score (nSPS) is 13.3. The first kappa shape index (κ1) is 16.8. The monoisotopic (exact) mass is 342 g/mol. The molecule has 1 aliphatic heterocycles. The van der Waals surface area contributed by atoms with Crippen LogP contribution in [0.15, 0.2) is 35.3 Å². The second-order valence-corrected chi connectivity index (χ2v) is 5.88. The minimum atomic E-state index is -1.25. The molecule has 1 aromatic carbocycles. The first-order valence-corrected chi connectivity index (χ1v) is 7.83. The standard InChI is InChI=1S/C18H18N2O5/c1-11(21)19-8-7-15-12(9-19)10-20(17(22)16(15)18(23)24)13-3-5-14(25-2)6-4-13/h3-6,10H,7-9H2,1-2H3,(H,23,24). The van der Waals surface area contributed by atoms with Crippen molar-refractivity contribution in [2.24, 2.45) is 0 Å². The highest BCUT2D eigenvalue weighted by molar-refractivity contribution is 5.89. The summed E-state index contributed by atoms with van der Waals surface area (Å²) in [4.78, 5) is 37.7. The molecular weight excluding hydrogens is 324 g/mol. The number of fused-ring (bicyclic) bond motifs is 1. The van der Waals surface area contributed by atoms with Gasteiger partial charge in [-0.2, -0.15) is 0 Å². The molecular formula is C18H18N2O5. The van der Waals surface area contributed by atoms with Crippen LogP contribution in [0.5, 0.6) is 5.75 Å². The molecule has 25 heavy (non-hydrogen) atoms. The number of carbonyl (C=O) groups excluding carboxylic acids is 1. The summed E-state index contributed by atoms with van der Waals surface area (Å²) in [6.45, 7) is 2.18. The van der Waals surface area contributed by atoms with E-state index in [0.717, 1.165) is 0 Å². The Morgan fingerprint density at radius 1 is 1.20 bits per heavy atom. The van der Waals surface area contributed by atoms with Gasteiger partial charge in [-0.15, -0.1) is 0 Å². The summed E-state index contributed by atoms with van der Waals surface area (Å²) < 4.78 is 6.41. The van der Waals surface area contributed by atoms with Gasteiger partial charge >= 0.3 is 5.97 Å². The fourth-order valence-electron chi connectivity index (χ4n) is 3.08. The van der Waals surface area contributed by atoms with Gasteiger partial charge in [-0.05, 0) is 41.8 Å². The third-order valence-corrected chi connectivity index (χ3v) is 4.41. The van der Waals surface area contributed by atoms with Crippen molar-refractivity contribution in [3.63, 3.8) is 0 Å². The van der Waals surface area contributed by atoms with Gasteiger partial charge < -0.3 is 14.7 Å². The third-order valence-electron chi connectivity index (χ3n) is 4.41. The highest BCUT2D eigenvalue weighted by atomic mass is 16.5. The van der Waals surface area contributed by atoms with Gasteiger partial charge in [-0.3, -0.25) is 14.2 Å². The summed E-state index contributed by atoms with van der Waals surface area (Å²) in [6, 6.07) is 6.76. The Kier molecular flexibility index (Phi) is 4.31. The molecule has 0 unspecified atom stereocenters. The Balaban J connectivity index is 2.18. The lowest BCUT2D eigenvalue weighted by molar-refractivity contribution is -0.129. The quantitative estimate of drug-likeness (QED) is 0.912. The fourth-order valence-corrected chi connectivity index (χ4v) is 3.08. The number of carboxylic acids is 1. The second kappa shape index (κ2) is 6.43. The van der Waals surface area contributed by atoms with Gasteiger partial charge in [-0.1, -0.05) is 0 Å². The molecule has 0 fully saturated rings. The topological polar surface area (TPSA) is 88.8 Å². The Hall–Kier alpha value is -3.09. The van der Waals surface area contributed by atoms with Crippen LogP contribution in [0.25, 0.3) is 5.69 Å². The maximum atomic E-state index is 12.7. The van der Waals surface area contributed by atoms with Crippen LogP contribution in [0.1, 0.15) is 28.4 Å². The van der Waals surface area contributed by atoms with Crippen molar-refractivity contribution in [1.29, 1.82) is 0 Å². The third kappa shape index (κ3) is 3.00. The van der Waals surface area contributed by atoms with E-state index in [0.29, 0.717) is 42.1 Å². The van der Waals surface area contributed by atoms with Crippen LogP contribution in [0.3, 0.4) is 0 Å². The van der Waals surface area contributed by atoms with Crippen LogP contribution in [-0.2, 0) is 17.8 Å². The van der Waals surface area contributed by atoms with Gasteiger partial charge in [0.05, 0.1) is 7.11 Å². The number of benzene rings is 1.